The highest BCUT2D eigenvalue weighted by Crippen LogP contribution is 2.35. The number of para-hydroxylation sites is 1. The van der Waals surface area contributed by atoms with E-state index in [4.69, 9.17) is 9.47 Å². The third kappa shape index (κ3) is 6.18. The maximum Gasteiger partial charge on any atom is 0.266 e. The molecular weight excluding hydrogens is 681 g/mol. The Kier molecular flexibility index (Phi) is 8.87. The third-order valence-electron chi connectivity index (χ3n) is 8.51. The van der Waals surface area contributed by atoms with Crippen molar-refractivity contribution in [3.8, 4) is 17.2 Å². The molecule has 0 saturated heterocycles. The van der Waals surface area contributed by atoms with E-state index in [9.17, 15) is 27.6 Å². The lowest BCUT2D eigenvalue weighted by Gasteiger charge is -2.15. The lowest BCUT2D eigenvalue weighted by atomic mass is 10.1. The van der Waals surface area contributed by atoms with Gasteiger partial charge in [-0.25, -0.2) is 18.2 Å². The van der Waals surface area contributed by atoms with E-state index in [-0.39, 0.29) is 43.8 Å². The average Bonchev–Trinajstić information content (AvgIpc) is 3.56. The maximum absolute atomic E-state index is 13.9. The predicted molar refractivity (Wildman–Crippen MR) is 194 cm³/mol. The monoisotopic (exact) mass is 710 g/mol. The lowest BCUT2D eigenvalue weighted by molar-refractivity contribution is 0.0910. The van der Waals surface area contributed by atoms with Crippen LogP contribution in [0.5, 0.6) is 17.2 Å². The molecule has 0 saturated carbocycles. The molecule has 2 aliphatic rings. The first-order valence-corrected chi connectivity index (χ1v) is 17.7. The molecule has 10 nitrogen and oxygen atoms in total. The zero-order valence-corrected chi connectivity index (χ0v) is 28.7. The number of ether oxygens (including phenoxy) is 2. The Bertz CT molecular complexity index is 2420. The number of carbonyl (C=O) groups is 4. The molecule has 0 bridgehead atoms. The van der Waals surface area contributed by atoms with E-state index in [0.717, 1.165) is 21.9 Å². The summed E-state index contributed by atoms with van der Waals surface area (Å²) in [5, 5.41) is 0. The summed E-state index contributed by atoms with van der Waals surface area (Å²) in [6.45, 7) is 3.79. The number of hydrogen-bond donors (Lipinski definition) is 0. The first-order valence-electron chi connectivity index (χ1n) is 16.3. The van der Waals surface area contributed by atoms with Crippen molar-refractivity contribution in [2.45, 2.75) is 29.7 Å². The van der Waals surface area contributed by atoms with Crippen LogP contribution in [0.1, 0.15) is 55.3 Å². The summed E-state index contributed by atoms with van der Waals surface area (Å²) in [6.07, 6.45) is 7.31. The first-order chi connectivity index (χ1) is 25.1. The second-order valence-electron chi connectivity index (χ2n) is 11.9. The molecule has 5 aromatic rings. The average molecular weight is 711 g/mol. The van der Waals surface area contributed by atoms with Gasteiger partial charge in [0.05, 0.1) is 43.4 Å². The third-order valence-corrected chi connectivity index (χ3v) is 10.3. The van der Waals surface area contributed by atoms with Gasteiger partial charge in [0.15, 0.2) is 0 Å². The minimum Gasteiger partial charge on any atom is -0.487 e. The summed E-state index contributed by atoms with van der Waals surface area (Å²) in [4.78, 5) is 55.1. The molecule has 0 fully saturated rings. The minimum atomic E-state index is -4.30. The summed E-state index contributed by atoms with van der Waals surface area (Å²) < 4.78 is 39.4. The number of hydrogen-bond acceptors (Lipinski definition) is 8. The van der Waals surface area contributed by atoms with Crippen LogP contribution >= 0.6 is 0 Å². The summed E-state index contributed by atoms with van der Waals surface area (Å²) >= 11 is 0. The van der Waals surface area contributed by atoms with Crippen LogP contribution in [-0.4, -0.2) is 38.2 Å². The number of fused-ring (bicyclic) bond motifs is 2. The van der Waals surface area contributed by atoms with Crippen molar-refractivity contribution in [2.24, 2.45) is 0 Å². The fraction of sp³-hybridized carbons (Fsp3) is 0.0732. The van der Waals surface area contributed by atoms with Crippen molar-refractivity contribution >= 4 is 44.8 Å². The molecule has 0 aromatic heterocycles. The quantitative estimate of drug-likeness (QED) is 0.106. The van der Waals surface area contributed by atoms with Gasteiger partial charge >= 0.3 is 0 Å². The Balaban J connectivity index is 1.10. The van der Waals surface area contributed by atoms with E-state index in [1.807, 2.05) is 56.4 Å². The van der Waals surface area contributed by atoms with Gasteiger partial charge in [-0.15, -0.1) is 0 Å². The first kappa shape index (κ1) is 33.9. The fourth-order valence-electron chi connectivity index (χ4n) is 5.93. The smallest absolute Gasteiger partial charge is 0.266 e. The number of nitrogens with zero attached hydrogens (tertiary/aromatic N) is 2. The molecular formula is C41H30N2O8S. The van der Waals surface area contributed by atoms with Gasteiger partial charge < -0.3 is 9.47 Å². The van der Waals surface area contributed by atoms with Gasteiger partial charge in [-0.3, -0.25) is 19.2 Å². The van der Waals surface area contributed by atoms with Crippen molar-refractivity contribution in [3.63, 3.8) is 0 Å². The molecule has 4 amide bonds. The normalized spacial score (nSPS) is 14.7. The molecule has 52 heavy (non-hydrogen) atoms. The highest BCUT2D eigenvalue weighted by Gasteiger charge is 2.40. The van der Waals surface area contributed by atoms with Crippen molar-refractivity contribution in [1.82, 2.24) is 0 Å². The molecule has 258 valence electrons. The number of benzene rings is 5. The standard InChI is InChI=1S/C41H30N2O8S/c1-3-4-6-9-26(2)50-30-16-12-27(13-17-30)42-38(44)34-22-20-32(24-36(34)40(42)46)52(48,49)33-21-23-35-37(25-33)41(47)43(39(35)45)28-14-18-31(19-15-28)51-29-10-7-5-8-11-29/h3-26H,1-2H3/b4-3-,9-6-. The molecule has 2 heterocycles. The van der Waals surface area contributed by atoms with Crippen LogP contribution in [0.3, 0.4) is 0 Å². The summed E-state index contributed by atoms with van der Waals surface area (Å²) in [6, 6.07) is 29.3. The maximum atomic E-state index is 13.9. The SMILES string of the molecule is C/C=C\C=C/C(C)Oc1ccc(N2C(=O)c3ccc(S(=O)(=O)c4ccc5c(c4)C(=O)N(c4ccc(Oc6ccccc6)cc4)C5=O)cc3C2=O)cc1. The van der Waals surface area contributed by atoms with E-state index >= 15 is 0 Å². The summed E-state index contributed by atoms with van der Waals surface area (Å²) in [7, 11) is -4.30. The van der Waals surface area contributed by atoms with Gasteiger partial charge in [-0.2, -0.15) is 0 Å². The Morgan fingerprint density at radius 3 is 1.52 bits per heavy atom. The van der Waals surface area contributed by atoms with E-state index in [0.29, 0.717) is 22.9 Å². The van der Waals surface area contributed by atoms with Crippen LogP contribution in [0.25, 0.3) is 0 Å². The van der Waals surface area contributed by atoms with Crippen molar-refractivity contribution in [2.75, 3.05) is 9.80 Å². The largest absolute Gasteiger partial charge is 0.487 e. The van der Waals surface area contributed by atoms with Gasteiger partial charge in [0.1, 0.15) is 23.4 Å². The number of rotatable bonds is 10. The Hall–Kier alpha value is -6.59. The predicted octanol–water partition coefficient (Wildman–Crippen LogP) is 7.81. The number of carbonyl (C=O) groups excluding carboxylic acids is 4. The fourth-order valence-corrected chi connectivity index (χ4v) is 7.24. The number of anilines is 2. The van der Waals surface area contributed by atoms with Gasteiger partial charge in [0.2, 0.25) is 9.84 Å². The van der Waals surface area contributed by atoms with Crippen molar-refractivity contribution in [3.05, 3.63) is 162 Å². The molecule has 0 radical (unpaired) electrons. The number of amides is 4. The Morgan fingerprint density at radius 1 is 0.558 bits per heavy atom. The van der Waals surface area contributed by atoms with Crippen LogP contribution < -0.4 is 19.3 Å². The lowest BCUT2D eigenvalue weighted by Crippen LogP contribution is -2.29. The molecule has 0 spiro atoms. The number of imide groups is 2. The van der Waals surface area contributed by atoms with Crippen molar-refractivity contribution in [1.29, 1.82) is 0 Å². The Morgan fingerprint density at radius 2 is 1.02 bits per heavy atom. The molecule has 11 heteroatoms. The van der Waals surface area contributed by atoms with Crippen LogP contribution in [0.4, 0.5) is 11.4 Å². The summed E-state index contributed by atoms with van der Waals surface area (Å²) in [5.41, 5.74) is 0.533. The van der Waals surface area contributed by atoms with Gasteiger partial charge in [-0.1, -0.05) is 36.4 Å². The van der Waals surface area contributed by atoms with Gasteiger partial charge in [0, 0.05) is 0 Å². The molecule has 2 aliphatic heterocycles. The van der Waals surface area contributed by atoms with Gasteiger partial charge in [0.25, 0.3) is 23.6 Å². The highest BCUT2D eigenvalue weighted by atomic mass is 32.2. The zero-order chi connectivity index (χ0) is 36.6. The van der Waals surface area contributed by atoms with Crippen molar-refractivity contribution < 1.29 is 37.1 Å². The second kappa shape index (κ2) is 13.6. The van der Waals surface area contributed by atoms with E-state index < -0.39 is 33.5 Å². The molecule has 0 aliphatic carbocycles. The number of allylic oxidation sites excluding steroid dienone is 3. The van der Waals surface area contributed by atoms with Crippen LogP contribution in [0.15, 0.2) is 149 Å². The second-order valence-corrected chi connectivity index (χ2v) is 13.9. The van der Waals surface area contributed by atoms with Crippen LogP contribution in [0.2, 0.25) is 0 Å². The molecule has 1 unspecified atom stereocenters. The van der Waals surface area contributed by atoms with E-state index in [1.54, 1.807) is 60.7 Å². The zero-order valence-electron chi connectivity index (χ0n) is 27.9. The highest BCUT2D eigenvalue weighted by molar-refractivity contribution is 7.91. The molecule has 0 N–H and O–H groups in total. The van der Waals surface area contributed by atoms with Gasteiger partial charge in [-0.05, 0) is 117 Å². The topological polar surface area (TPSA) is 127 Å². The van der Waals surface area contributed by atoms with Crippen LogP contribution in [-0.2, 0) is 9.84 Å². The number of sulfone groups is 1. The van der Waals surface area contributed by atoms with E-state index in [2.05, 4.69) is 0 Å². The Labute approximate surface area is 299 Å². The summed E-state index contributed by atoms with van der Waals surface area (Å²) in [5.74, 6) is -0.903. The van der Waals surface area contributed by atoms with E-state index in [1.165, 1.54) is 24.3 Å². The minimum absolute atomic E-state index is 0.0509. The van der Waals surface area contributed by atoms with Crippen LogP contribution in [0, 0.1) is 0 Å². The molecule has 1 atom stereocenters. The molecule has 7 rings (SSSR count). The molecule has 5 aromatic carbocycles.